The van der Waals surface area contributed by atoms with Gasteiger partial charge in [0.15, 0.2) is 0 Å². The molecule has 5 nitrogen and oxygen atoms in total. The van der Waals surface area contributed by atoms with E-state index in [1.54, 1.807) is 30.5 Å². The van der Waals surface area contributed by atoms with Crippen LogP contribution in [0.1, 0.15) is 15.9 Å². The maximum atomic E-state index is 13.2. The van der Waals surface area contributed by atoms with Gasteiger partial charge in [0.05, 0.1) is 11.1 Å². The molecule has 1 fully saturated rings. The zero-order valence-electron chi connectivity index (χ0n) is 16.9. The average Bonchev–Trinajstić information content (AvgIpc) is 2.79. The molecule has 1 N–H and O–H groups in total. The molecule has 4 rings (SSSR count). The van der Waals surface area contributed by atoms with Crippen molar-refractivity contribution in [3.63, 3.8) is 0 Å². The zero-order chi connectivity index (χ0) is 22.7. The van der Waals surface area contributed by atoms with Crippen molar-refractivity contribution in [2.45, 2.75) is 6.18 Å². The fourth-order valence-corrected chi connectivity index (χ4v) is 3.63. The quantitative estimate of drug-likeness (QED) is 0.587. The van der Waals surface area contributed by atoms with Gasteiger partial charge in [-0.05, 0) is 54.6 Å². The molecule has 0 aliphatic carbocycles. The molecule has 166 valence electrons. The summed E-state index contributed by atoms with van der Waals surface area (Å²) >= 11 is 0. The summed E-state index contributed by atoms with van der Waals surface area (Å²) in [5.74, 6) is -0.360. The van der Waals surface area contributed by atoms with Crippen LogP contribution < -0.4 is 15.1 Å². The predicted molar refractivity (Wildman–Crippen MR) is 114 cm³/mol. The summed E-state index contributed by atoms with van der Waals surface area (Å²) < 4.78 is 52.0. The highest BCUT2D eigenvalue weighted by atomic mass is 19.4. The van der Waals surface area contributed by atoms with E-state index >= 15 is 0 Å². The number of nitrogens with zero attached hydrogens (tertiary/aromatic N) is 3. The molecule has 0 unspecified atom stereocenters. The van der Waals surface area contributed by atoms with Gasteiger partial charge in [-0.3, -0.25) is 4.79 Å². The van der Waals surface area contributed by atoms with Gasteiger partial charge >= 0.3 is 6.18 Å². The second-order valence-electron chi connectivity index (χ2n) is 7.36. The number of pyridine rings is 1. The van der Waals surface area contributed by atoms with Gasteiger partial charge in [0, 0.05) is 43.8 Å². The molecule has 0 bridgehead atoms. The molecule has 2 heterocycles. The van der Waals surface area contributed by atoms with Crippen molar-refractivity contribution in [2.75, 3.05) is 41.3 Å². The number of hydrogen-bond donors (Lipinski definition) is 1. The number of amides is 1. The normalized spacial score (nSPS) is 14.4. The molecule has 1 saturated heterocycles. The van der Waals surface area contributed by atoms with Crippen LogP contribution in [-0.2, 0) is 6.18 Å². The third-order valence-electron chi connectivity index (χ3n) is 5.25. The van der Waals surface area contributed by atoms with E-state index in [1.807, 2.05) is 4.90 Å². The van der Waals surface area contributed by atoms with E-state index in [4.69, 9.17) is 0 Å². The highest BCUT2D eigenvalue weighted by molar-refractivity contribution is 6.07. The van der Waals surface area contributed by atoms with Crippen molar-refractivity contribution in [3.05, 3.63) is 83.8 Å². The van der Waals surface area contributed by atoms with Gasteiger partial charge in [-0.25, -0.2) is 9.37 Å². The summed E-state index contributed by atoms with van der Waals surface area (Å²) in [5.41, 5.74) is 0.411. The Kier molecular flexibility index (Phi) is 5.98. The highest BCUT2D eigenvalue weighted by Gasteiger charge is 2.30. The molecule has 1 aliphatic rings. The Morgan fingerprint density at radius 3 is 2.28 bits per heavy atom. The van der Waals surface area contributed by atoms with Gasteiger partial charge in [0.2, 0.25) is 0 Å². The minimum absolute atomic E-state index is 0.0563. The van der Waals surface area contributed by atoms with Crippen LogP contribution in [-0.4, -0.2) is 37.1 Å². The van der Waals surface area contributed by atoms with Crippen molar-refractivity contribution in [3.8, 4) is 0 Å². The lowest BCUT2D eigenvalue weighted by Gasteiger charge is -2.37. The zero-order valence-corrected chi connectivity index (χ0v) is 16.9. The number of hydrogen-bond acceptors (Lipinski definition) is 4. The van der Waals surface area contributed by atoms with Gasteiger partial charge in [-0.15, -0.1) is 0 Å². The number of benzene rings is 2. The lowest BCUT2D eigenvalue weighted by molar-refractivity contribution is -0.137. The van der Waals surface area contributed by atoms with Crippen molar-refractivity contribution >= 4 is 23.1 Å². The fourth-order valence-electron chi connectivity index (χ4n) is 3.63. The third kappa shape index (κ3) is 4.82. The van der Waals surface area contributed by atoms with Crippen LogP contribution >= 0.6 is 0 Å². The summed E-state index contributed by atoms with van der Waals surface area (Å²) in [7, 11) is 0. The Balaban J connectivity index is 1.47. The lowest BCUT2D eigenvalue weighted by atomic mass is 10.1. The number of piperazine rings is 1. The van der Waals surface area contributed by atoms with Crippen LogP contribution in [0.25, 0.3) is 0 Å². The standard InChI is InChI=1S/C23H20F4N4O/c24-17-6-8-19(9-7-17)30-11-13-31(14-12-30)21-20(5-2-10-28-21)22(32)29-18-4-1-3-16(15-18)23(25,26)27/h1-10,15H,11-14H2,(H,29,32). The van der Waals surface area contributed by atoms with Crippen LogP contribution in [0.15, 0.2) is 66.9 Å². The Labute approximate surface area is 182 Å². The van der Waals surface area contributed by atoms with E-state index in [2.05, 4.69) is 15.2 Å². The number of carbonyl (C=O) groups is 1. The van der Waals surface area contributed by atoms with Crippen molar-refractivity contribution in [1.29, 1.82) is 0 Å². The SMILES string of the molecule is O=C(Nc1cccc(C(F)(F)F)c1)c1cccnc1N1CCN(c2ccc(F)cc2)CC1. The van der Waals surface area contributed by atoms with Crippen molar-refractivity contribution in [1.82, 2.24) is 4.98 Å². The maximum Gasteiger partial charge on any atom is 0.416 e. The van der Waals surface area contributed by atoms with Crippen LogP contribution in [0.5, 0.6) is 0 Å². The summed E-state index contributed by atoms with van der Waals surface area (Å²) in [6, 6.07) is 14.0. The molecular formula is C23H20F4N4O. The molecule has 0 atom stereocenters. The topological polar surface area (TPSA) is 48.5 Å². The number of carbonyl (C=O) groups excluding carboxylic acids is 1. The number of rotatable bonds is 4. The minimum Gasteiger partial charge on any atom is -0.368 e. The van der Waals surface area contributed by atoms with Crippen molar-refractivity contribution in [2.24, 2.45) is 0 Å². The van der Waals surface area contributed by atoms with Gasteiger partial charge in [0.25, 0.3) is 5.91 Å². The summed E-state index contributed by atoms with van der Waals surface area (Å²) in [4.78, 5) is 21.3. The Morgan fingerprint density at radius 2 is 1.59 bits per heavy atom. The number of anilines is 3. The van der Waals surface area contributed by atoms with E-state index < -0.39 is 17.6 Å². The van der Waals surface area contributed by atoms with Gasteiger partial charge in [-0.2, -0.15) is 13.2 Å². The van der Waals surface area contributed by atoms with Crippen LogP contribution in [0.2, 0.25) is 0 Å². The first-order chi connectivity index (χ1) is 15.3. The summed E-state index contributed by atoms with van der Waals surface area (Å²) in [6.45, 7) is 2.46. The molecule has 0 saturated carbocycles. The number of aromatic nitrogens is 1. The summed E-state index contributed by atoms with van der Waals surface area (Å²) in [5, 5.41) is 2.54. The monoisotopic (exact) mass is 444 g/mol. The first kappa shape index (κ1) is 21.6. The van der Waals surface area contributed by atoms with Crippen molar-refractivity contribution < 1.29 is 22.4 Å². The van der Waals surface area contributed by atoms with Crippen LogP contribution in [0.3, 0.4) is 0 Å². The molecule has 1 aliphatic heterocycles. The van der Waals surface area contributed by atoms with Gasteiger partial charge in [-0.1, -0.05) is 6.07 Å². The molecule has 32 heavy (non-hydrogen) atoms. The van der Waals surface area contributed by atoms with E-state index in [1.165, 1.54) is 24.3 Å². The Bertz CT molecular complexity index is 1090. The second-order valence-corrected chi connectivity index (χ2v) is 7.36. The predicted octanol–water partition coefficient (Wildman–Crippen LogP) is 4.82. The van der Waals surface area contributed by atoms with Crippen LogP contribution in [0.4, 0.5) is 34.8 Å². The first-order valence-corrected chi connectivity index (χ1v) is 10.0. The minimum atomic E-state index is -4.50. The van der Waals surface area contributed by atoms with Gasteiger partial charge < -0.3 is 15.1 Å². The smallest absolute Gasteiger partial charge is 0.368 e. The van der Waals surface area contributed by atoms with E-state index in [9.17, 15) is 22.4 Å². The first-order valence-electron chi connectivity index (χ1n) is 10.0. The number of alkyl halides is 3. The second kappa shape index (κ2) is 8.86. The molecule has 9 heteroatoms. The highest BCUT2D eigenvalue weighted by Crippen LogP contribution is 2.31. The number of nitrogens with one attached hydrogen (secondary N) is 1. The van der Waals surface area contributed by atoms with Gasteiger partial charge in [0.1, 0.15) is 11.6 Å². The molecule has 0 spiro atoms. The van der Waals surface area contributed by atoms with E-state index in [0.29, 0.717) is 32.0 Å². The molecule has 0 radical (unpaired) electrons. The largest absolute Gasteiger partial charge is 0.416 e. The fraction of sp³-hybridized carbons (Fsp3) is 0.217. The lowest BCUT2D eigenvalue weighted by Crippen LogP contribution is -2.47. The molecule has 3 aromatic rings. The number of halogens is 4. The molecule has 1 amide bonds. The molecule has 2 aromatic carbocycles. The Morgan fingerprint density at radius 1 is 0.906 bits per heavy atom. The molecule has 1 aromatic heterocycles. The maximum absolute atomic E-state index is 13.2. The third-order valence-corrected chi connectivity index (χ3v) is 5.25. The van der Waals surface area contributed by atoms with E-state index in [-0.39, 0.29) is 17.1 Å². The average molecular weight is 444 g/mol. The molecular weight excluding hydrogens is 424 g/mol. The summed E-state index contributed by atoms with van der Waals surface area (Å²) in [6.07, 6.45) is -2.92. The van der Waals surface area contributed by atoms with Crippen LogP contribution in [0, 0.1) is 5.82 Å². The Hall–Kier alpha value is -3.62. The van der Waals surface area contributed by atoms with E-state index in [0.717, 1.165) is 17.8 Å².